The van der Waals surface area contributed by atoms with E-state index in [1.807, 2.05) is 60.0 Å². The van der Waals surface area contributed by atoms with Gasteiger partial charge in [-0.1, -0.05) is 62.2 Å². The largest absolute Gasteiger partial charge is 0.496 e. The Morgan fingerprint density at radius 3 is 2.58 bits per heavy atom. The molecular formula is C24H25N3O3S. The molecule has 1 aliphatic heterocycles. The van der Waals surface area contributed by atoms with Crippen molar-refractivity contribution < 1.29 is 14.3 Å². The molecule has 0 bridgehead atoms. The molecule has 1 fully saturated rings. The molecule has 6 nitrogen and oxygen atoms in total. The van der Waals surface area contributed by atoms with Gasteiger partial charge in [0.05, 0.1) is 24.9 Å². The Balaban J connectivity index is 1.60. The first-order valence-corrected chi connectivity index (χ1v) is 11.2. The monoisotopic (exact) mass is 435 g/mol. The second kappa shape index (κ2) is 8.89. The van der Waals surface area contributed by atoms with Crippen LogP contribution in [0.1, 0.15) is 37.4 Å². The molecule has 0 saturated carbocycles. The molecule has 0 aliphatic carbocycles. The van der Waals surface area contributed by atoms with Gasteiger partial charge in [-0.05, 0) is 24.1 Å². The minimum atomic E-state index is -1.02. The second-order valence-corrected chi connectivity index (χ2v) is 8.40. The first-order chi connectivity index (χ1) is 15.1. The van der Waals surface area contributed by atoms with Gasteiger partial charge >= 0.3 is 6.03 Å². The van der Waals surface area contributed by atoms with Crippen LogP contribution < -0.4 is 10.1 Å². The van der Waals surface area contributed by atoms with Gasteiger partial charge in [-0.25, -0.2) is 9.78 Å². The van der Waals surface area contributed by atoms with Gasteiger partial charge in [-0.15, -0.1) is 11.3 Å². The number of aromatic nitrogens is 1. The van der Waals surface area contributed by atoms with Crippen LogP contribution in [0, 0.1) is 0 Å². The summed E-state index contributed by atoms with van der Waals surface area (Å²) < 4.78 is 5.43. The number of ether oxygens (including phenoxy) is 1. The number of nitrogens with zero attached hydrogens (tertiary/aromatic N) is 2. The Bertz CT molecular complexity index is 1080. The smallest absolute Gasteiger partial charge is 0.325 e. The summed E-state index contributed by atoms with van der Waals surface area (Å²) in [6.45, 7) is 2.21. The third-order valence-electron chi connectivity index (χ3n) is 5.56. The van der Waals surface area contributed by atoms with Crippen LogP contribution in [0.3, 0.4) is 0 Å². The minimum absolute atomic E-state index is 0.136. The van der Waals surface area contributed by atoms with Crippen LogP contribution in [0.4, 0.5) is 4.79 Å². The van der Waals surface area contributed by atoms with E-state index in [9.17, 15) is 9.59 Å². The van der Waals surface area contributed by atoms with Crippen LogP contribution in [0.15, 0.2) is 60.0 Å². The number of methoxy groups -OCH3 is 1. The molecule has 1 aromatic heterocycles. The number of urea groups is 1. The molecular weight excluding hydrogens is 410 g/mol. The van der Waals surface area contributed by atoms with Crippen molar-refractivity contribution in [2.24, 2.45) is 0 Å². The Labute approximate surface area is 185 Å². The van der Waals surface area contributed by atoms with Crippen LogP contribution in [0.2, 0.25) is 0 Å². The van der Waals surface area contributed by atoms with Gasteiger partial charge < -0.3 is 10.1 Å². The van der Waals surface area contributed by atoms with Crippen molar-refractivity contribution >= 4 is 23.3 Å². The highest BCUT2D eigenvalue weighted by atomic mass is 32.1. The van der Waals surface area contributed by atoms with E-state index in [1.165, 1.54) is 16.2 Å². The Morgan fingerprint density at radius 1 is 1.10 bits per heavy atom. The molecule has 31 heavy (non-hydrogen) atoms. The maximum Gasteiger partial charge on any atom is 0.325 e. The van der Waals surface area contributed by atoms with Crippen LogP contribution in [-0.2, 0) is 16.9 Å². The number of carbonyl (C=O) groups excluding carboxylic acids is 2. The van der Waals surface area contributed by atoms with E-state index in [0.29, 0.717) is 12.1 Å². The number of para-hydroxylation sites is 1. The highest BCUT2D eigenvalue weighted by Gasteiger charge is 2.51. The molecule has 1 aliphatic rings. The third kappa shape index (κ3) is 3.93. The summed E-state index contributed by atoms with van der Waals surface area (Å²) in [4.78, 5) is 32.3. The van der Waals surface area contributed by atoms with Crippen molar-refractivity contribution in [2.75, 3.05) is 7.11 Å². The summed E-state index contributed by atoms with van der Waals surface area (Å²) in [5.74, 6) is 0.519. The minimum Gasteiger partial charge on any atom is -0.496 e. The van der Waals surface area contributed by atoms with Crippen LogP contribution in [0.25, 0.3) is 10.6 Å². The van der Waals surface area contributed by atoms with Crippen molar-refractivity contribution in [3.8, 4) is 16.3 Å². The van der Waals surface area contributed by atoms with Gasteiger partial charge in [0.2, 0.25) is 0 Å². The van der Waals surface area contributed by atoms with Crippen molar-refractivity contribution in [2.45, 2.75) is 38.3 Å². The average molecular weight is 436 g/mol. The molecule has 0 radical (unpaired) electrons. The van der Waals surface area contributed by atoms with E-state index in [4.69, 9.17) is 4.74 Å². The molecule has 1 unspecified atom stereocenters. The number of unbranched alkanes of at least 4 members (excludes halogenated alkanes) is 1. The quantitative estimate of drug-likeness (QED) is 0.508. The highest BCUT2D eigenvalue weighted by Crippen LogP contribution is 2.36. The Hall–Kier alpha value is -3.19. The zero-order chi connectivity index (χ0) is 21.8. The van der Waals surface area contributed by atoms with E-state index in [1.54, 1.807) is 7.11 Å². The van der Waals surface area contributed by atoms with E-state index in [-0.39, 0.29) is 18.5 Å². The Morgan fingerprint density at radius 2 is 1.84 bits per heavy atom. The summed E-state index contributed by atoms with van der Waals surface area (Å²) in [6, 6.07) is 16.8. The number of hydrogen-bond acceptors (Lipinski definition) is 5. The lowest BCUT2D eigenvalue weighted by Gasteiger charge is -2.27. The molecule has 3 amide bonds. The van der Waals surface area contributed by atoms with Crippen molar-refractivity contribution in [1.82, 2.24) is 15.2 Å². The molecule has 1 saturated heterocycles. The van der Waals surface area contributed by atoms with E-state index >= 15 is 0 Å². The molecule has 0 spiro atoms. The van der Waals surface area contributed by atoms with Gasteiger partial charge in [0.1, 0.15) is 16.3 Å². The zero-order valence-corrected chi connectivity index (χ0v) is 18.4. The van der Waals surface area contributed by atoms with Gasteiger partial charge in [0.25, 0.3) is 5.91 Å². The Kier molecular flexibility index (Phi) is 6.04. The molecule has 1 N–H and O–H groups in total. The molecule has 160 valence electrons. The van der Waals surface area contributed by atoms with Gasteiger partial charge in [0.15, 0.2) is 0 Å². The van der Waals surface area contributed by atoms with Crippen LogP contribution in [0.5, 0.6) is 5.75 Å². The number of hydrogen-bond donors (Lipinski definition) is 1. The summed E-state index contributed by atoms with van der Waals surface area (Å²) in [7, 11) is 1.63. The lowest BCUT2D eigenvalue weighted by Crippen LogP contribution is -2.44. The maximum atomic E-state index is 13.5. The SMILES string of the molecule is CCCCC1(c2ccccc2)NC(=O)N(Cc2csc(-c3ccccc3OC)n2)C1=O. The molecule has 2 heterocycles. The molecule has 3 aromatic rings. The number of carbonyl (C=O) groups is 2. The fourth-order valence-electron chi connectivity index (χ4n) is 3.93. The summed E-state index contributed by atoms with van der Waals surface area (Å²) >= 11 is 1.47. The predicted molar refractivity (Wildman–Crippen MR) is 121 cm³/mol. The first-order valence-electron chi connectivity index (χ1n) is 10.4. The maximum absolute atomic E-state index is 13.5. The number of imide groups is 1. The van der Waals surface area contributed by atoms with Crippen molar-refractivity contribution in [3.63, 3.8) is 0 Å². The summed E-state index contributed by atoms with van der Waals surface area (Å²) in [6.07, 6.45) is 2.34. The van der Waals surface area contributed by atoms with E-state index in [0.717, 1.165) is 34.7 Å². The second-order valence-electron chi connectivity index (χ2n) is 7.54. The molecule has 1 atom stereocenters. The van der Waals surface area contributed by atoms with Crippen LogP contribution in [-0.4, -0.2) is 28.9 Å². The first kappa shape index (κ1) is 21.1. The van der Waals surface area contributed by atoms with E-state index in [2.05, 4.69) is 17.2 Å². The zero-order valence-electron chi connectivity index (χ0n) is 17.6. The molecule has 7 heteroatoms. The average Bonchev–Trinajstić information content (AvgIpc) is 3.37. The number of nitrogens with one attached hydrogen (secondary N) is 1. The number of rotatable bonds is 8. The highest BCUT2D eigenvalue weighted by molar-refractivity contribution is 7.13. The van der Waals surface area contributed by atoms with Crippen LogP contribution >= 0.6 is 11.3 Å². The van der Waals surface area contributed by atoms with E-state index < -0.39 is 5.54 Å². The standard InChI is InChI=1S/C24H25N3O3S/c1-3-4-14-24(17-10-6-5-7-11-17)22(28)27(23(29)26-24)15-18-16-31-21(25-18)19-12-8-9-13-20(19)30-2/h5-13,16H,3-4,14-15H2,1-2H3,(H,26,29). The van der Waals surface area contributed by atoms with Gasteiger partial charge in [-0.2, -0.15) is 0 Å². The lowest BCUT2D eigenvalue weighted by atomic mass is 9.85. The summed E-state index contributed by atoms with van der Waals surface area (Å²) in [5.41, 5.74) is 1.36. The third-order valence-corrected chi connectivity index (χ3v) is 6.48. The van der Waals surface area contributed by atoms with Gasteiger partial charge in [0, 0.05) is 5.38 Å². The number of thiazole rings is 1. The number of benzene rings is 2. The molecule has 2 aromatic carbocycles. The lowest BCUT2D eigenvalue weighted by molar-refractivity contribution is -0.132. The topological polar surface area (TPSA) is 71.5 Å². The predicted octanol–water partition coefficient (Wildman–Crippen LogP) is 4.96. The normalized spacial score (nSPS) is 18.3. The fraction of sp³-hybridized carbons (Fsp3) is 0.292. The fourth-order valence-corrected chi connectivity index (χ4v) is 4.77. The van der Waals surface area contributed by atoms with Gasteiger partial charge in [-0.3, -0.25) is 9.69 Å². The molecule has 4 rings (SSSR count). The number of amides is 3. The van der Waals surface area contributed by atoms with Crippen molar-refractivity contribution in [1.29, 1.82) is 0 Å². The summed E-state index contributed by atoms with van der Waals surface area (Å²) in [5, 5.41) is 5.67. The van der Waals surface area contributed by atoms with Crippen molar-refractivity contribution in [3.05, 3.63) is 71.2 Å².